The zero-order chi connectivity index (χ0) is 22.3. The molecule has 0 spiro atoms. The van der Waals surface area contributed by atoms with Gasteiger partial charge in [0, 0.05) is 6.07 Å². The van der Waals surface area contributed by atoms with Gasteiger partial charge in [0.2, 0.25) is 5.91 Å². The molecule has 1 aliphatic rings. The third-order valence-electron chi connectivity index (χ3n) is 5.87. The largest absolute Gasteiger partial charge is 0.345 e. The van der Waals surface area contributed by atoms with Gasteiger partial charge in [-0.2, -0.15) is 5.10 Å². The van der Waals surface area contributed by atoms with E-state index in [0.717, 1.165) is 18.4 Å². The van der Waals surface area contributed by atoms with Crippen molar-refractivity contribution in [1.82, 2.24) is 15.1 Å². The number of nitrogens with zero attached hydrogens (tertiary/aromatic N) is 2. The molecule has 7 heteroatoms. The monoisotopic (exact) mass is 450 g/mol. The molecule has 1 unspecified atom stereocenters. The van der Waals surface area contributed by atoms with Gasteiger partial charge < -0.3 is 10.6 Å². The summed E-state index contributed by atoms with van der Waals surface area (Å²) in [4.78, 5) is 25.9. The molecule has 0 bridgehead atoms. The first kappa shape index (κ1) is 22.1. The normalized spacial score (nSPS) is 15.2. The molecule has 1 atom stereocenters. The predicted molar refractivity (Wildman–Crippen MR) is 126 cm³/mol. The quantitative estimate of drug-likeness (QED) is 0.496. The maximum atomic E-state index is 13.0. The number of aromatic nitrogens is 2. The van der Waals surface area contributed by atoms with E-state index in [1.807, 2.05) is 41.1 Å². The second kappa shape index (κ2) is 10.5. The molecule has 1 saturated carbocycles. The number of carbonyl (C=O) groups excluding carboxylic acids is 2. The average Bonchev–Trinajstić information content (AvgIpc) is 3.28. The Morgan fingerprint density at radius 1 is 1.00 bits per heavy atom. The second-order valence-electron chi connectivity index (χ2n) is 8.12. The summed E-state index contributed by atoms with van der Waals surface area (Å²) >= 11 is 6.19. The minimum atomic E-state index is -0.494. The summed E-state index contributed by atoms with van der Waals surface area (Å²) in [6.07, 6.45) is 7.58. The third-order valence-corrected chi connectivity index (χ3v) is 6.20. The molecule has 32 heavy (non-hydrogen) atoms. The van der Waals surface area contributed by atoms with E-state index in [4.69, 9.17) is 11.6 Å². The van der Waals surface area contributed by atoms with Crippen LogP contribution in [0.1, 0.15) is 66.5 Å². The van der Waals surface area contributed by atoms with Gasteiger partial charge >= 0.3 is 0 Å². The van der Waals surface area contributed by atoms with Crippen molar-refractivity contribution in [2.75, 3.05) is 5.32 Å². The minimum absolute atomic E-state index is 0.0933. The van der Waals surface area contributed by atoms with Crippen LogP contribution in [0.15, 0.2) is 66.9 Å². The zero-order valence-corrected chi connectivity index (χ0v) is 18.6. The van der Waals surface area contributed by atoms with Gasteiger partial charge in [-0.1, -0.05) is 73.3 Å². The second-order valence-corrected chi connectivity index (χ2v) is 8.53. The molecule has 1 aliphatic carbocycles. The number of halogens is 1. The van der Waals surface area contributed by atoms with Crippen LogP contribution in [0.2, 0.25) is 5.02 Å². The molecule has 1 aromatic heterocycles. The van der Waals surface area contributed by atoms with Gasteiger partial charge in [0.15, 0.2) is 0 Å². The molecule has 0 radical (unpaired) electrons. The summed E-state index contributed by atoms with van der Waals surface area (Å²) in [6.45, 7) is 0. The van der Waals surface area contributed by atoms with Crippen LogP contribution in [0.3, 0.4) is 0 Å². The van der Waals surface area contributed by atoms with Crippen molar-refractivity contribution in [3.63, 3.8) is 0 Å². The molecule has 1 fully saturated rings. The van der Waals surface area contributed by atoms with Gasteiger partial charge in [-0.15, -0.1) is 0 Å². The summed E-state index contributed by atoms with van der Waals surface area (Å²) in [6, 6.07) is 18.0. The first-order valence-electron chi connectivity index (χ1n) is 11.1. The summed E-state index contributed by atoms with van der Waals surface area (Å²) in [5, 5.41) is 10.8. The lowest BCUT2D eigenvalue weighted by atomic mass is 9.96. The molecule has 0 saturated heterocycles. The van der Waals surface area contributed by atoms with Crippen LogP contribution in [-0.2, 0) is 4.79 Å². The SMILES string of the molecule is O=C(CC(NC(=O)c1ccccc1Cl)c1ccccc1)Nc1ccnn1C1CCCCC1. The Labute approximate surface area is 193 Å². The molecule has 4 rings (SSSR count). The van der Waals surface area contributed by atoms with E-state index in [1.54, 1.807) is 30.5 Å². The molecule has 1 heterocycles. The van der Waals surface area contributed by atoms with Crippen LogP contribution in [0.5, 0.6) is 0 Å². The van der Waals surface area contributed by atoms with Crippen LogP contribution >= 0.6 is 11.6 Å². The maximum absolute atomic E-state index is 13.0. The van der Waals surface area contributed by atoms with Crippen molar-refractivity contribution in [3.05, 3.63) is 83.0 Å². The molecule has 2 aromatic carbocycles. The van der Waals surface area contributed by atoms with E-state index in [0.29, 0.717) is 22.4 Å². The third kappa shape index (κ3) is 5.37. The Morgan fingerprint density at radius 3 is 2.47 bits per heavy atom. The lowest BCUT2D eigenvalue weighted by Gasteiger charge is -2.24. The molecule has 6 nitrogen and oxygen atoms in total. The van der Waals surface area contributed by atoms with E-state index in [2.05, 4.69) is 15.7 Å². The number of benzene rings is 2. The van der Waals surface area contributed by atoms with Gasteiger partial charge in [0.25, 0.3) is 5.91 Å². The van der Waals surface area contributed by atoms with Crippen molar-refractivity contribution >= 4 is 29.2 Å². The summed E-state index contributed by atoms with van der Waals surface area (Å²) in [7, 11) is 0. The van der Waals surface area contributed by atoms with Crippen LogP contribution in [0.25, 0.3) is 0 Å². The Morgan fingerprint density at radius 2 is 1.72 bits per heavy atom. The van der Waals surface area contributed by atoms with Gasteiger partial charge in [-0.05, 0) is 30.5 Å². The molecule has 0 aliphatic heterocycles. The first-order valence-corrected chi connectivity index (χ1v) is 11.4. The Kier molecular flexibility index (Phi) is 7.22. The average molecular weight is 451 g/mol. The van der Waals surface area contributed by atoms with Gasteiger partial charge in [0.1, 0.15) is 5.82 Å². The molecule has 2 N–H and O–H groups in total. The standard InChI is InChI=1S/C25H27ClN4O2/c26-21-14-8-7-13-20(21)25(32)28-22(18-9-3-1-4-10-18)17-24(31)29-23-15-16-27-30(23)19-11-5-2-6-12-19/h1,3-4,7-10,13-16,19,22H,2,5-6,11-12,17H2,(H,28,32)(H,29,31). The van der Waals surface area contributed by atoms with Crippen LogP contribution in [-0.4, -0.2) is 21.6 Å². The lowest BCUT2D eigenvalue weighted by molar-refractivity contribution is -0.116. The van der Waals surface area contributed by atoms with E-state index >= 15 is 0 Å². The number of amides is 2. The highest BCUT2D eigenvalue weighted by Crippen LogP contribution is 2.30. The van der Waals surface area contributed by atoms with Crippen molar-refractivity contribution in [2.24, 2.45) is 0 Å². The number of nitrogens with one attached hydrogen (secondary N) is 2. The Balaban J connectivity index is 1.48. The summed E-state index contributed by atoms with van der Waals surface area (Å²) in [5.74, 6) is 0.200. The molecular weight excluding hydrogens is 424 g/mol. The van der Waals surface area contributed by atoms with Gasteiger partial charge in [0.05, 0.1) is 35.3 Å². The molecular formula is C25H27ClN4O2. The highest BCUT2D eigenvalue weighted by atomic mass is 35.5. The van der Waals surface area contributed by atoms with E-state index < -0.39 is 6.04 Å². The van der Waals surface area contributed by atoms with E-state index in [9.17, 15) is 9.59 Å². The van der Waals surface area contributed by atoms with Crippen molar-refractivity contribution < 1.29 is 9.59 Å². The topological polar surface area (TPSA) is 76.0 Å². The van der Waals surface area contributed by atoms with E-state index in [-0.39, 0.29) is 18.2 Å². The van der Waals surface area contributed by atoms with Crippen molar-refractivity contribution in [1.29, 1.82) is 0 Å². The van der Waals surface area contributed by atoms with Crippen molar-refractivity contribution in [2.45, 2.75) is 50.6 Å². The van der Waals surface area contributed by atoms with E-state index in [1.165, 1.54) is 19.3 Å². The van der Waals surface area contributed by atoms with Gasteiger partial charge in [-0.3, -0.25) is 9.59 Å². The molecule has 3 aromatic rings. The highest BCUT2D eigenvalue weighted by molar-refractivity contribution is 6.33. The fourth-order valence-electron chi connectivity index (χ4n) is 4.23. The van der Waals surface area contributed by atoms with Crippen molar-refractivity contribution in [3.8, 4) is 0 Å². The summed E-state index contributed by atoms with van der Waals surface area (Å²) in [5.41, 5.74) is 1.23. The smallest absolute Gasteiger partial charge is 0.253 e. The minimum Gasteiger partial charge on any atom is -0.345 e. The number of anilines is 1. The highest BCUT2D eigenvalue weighted by Gasteiger charge is 2.23. The first-order chi connectivity index (χ1) is 15.6. The molecule has 166 valence electrons. The number of hydrogen-bond acceptors (Lipinski definition) is 3. The Hall–Kier alpha value is -3.12. The predicted octanol–water partition coefficient (Wildman–Crippen LogP) is 5.54. The van der Waals surface area contributed by atoms with Crippen LogP contribution in [0, 0.1) is 0 Å². The van der Waals surface area contributed by atoms with Crippen LogP contribution < -0.4 is 10.6 Å². The number of rotatable bonds is 7. The fraction of sp³-hybridized carbons (Fsp3) is 0.320. The number of carbonyl (C=O) groups is 2. The zero-order valence-electron chi connectivity index (χ0n) is 17.8. The van der Waals surface area contributed by atoms with Gasteiger partial charge in [-0.25, -0.2) is 4.68 Å². The molecule has 2 amide bonds. The Bertz CT molecular complexity index is 1060. The van der Waals surface area contributed by atoms with Crippen LogP contribution in [0.4, 0.5) is 5.82 Å². The fourth-order valence-corrected chi connectivity index (χ4v) is 4.45. The maximum Gasteiger partial charge on any atom is 0.253 e. The lowest BCUT2D eigenvalue weighted by Crippen LogP contribution is -2.32. The number of hydrogen-bond donors (Lipinski definition) is 2. The summed E-state index contributed by atoms with van der Waals surface area (Å²) < 4.78 is 1.93.